The lowest BCUT2D eigenvalue weighted by molar-refractivity contribution is -0.384. The van der Waals surface area contributed by atoms with Gasteiger partial charge in [0.1, 0.15) is 5.69 Å². The van der Waals surface area contributed by atoms with E-state index in [0.29, 0.717) is 11.4 Å². The summed E-state index contributed by atoms with van der Waals surface area (Å²) in [6, 6.07) is 10.4. The molecule has 8 heteroatoms. The van der Waals surface area contributed by atoms with Gasteiger partial charge in [0.2, 0.25) is 5.91 Å². The Bertz CT molecular complexity index is 787. The van der Waals surface area contributed by atoms with Crippen LogP contribution in [-0.2, 0) is 4.79 Å². The summed E-state index contributed by atoms with van der Waals surface area (Å²) < 4.78 is 0. The zero-order valence-electron chi connectivity index (χ0n) is 13.1. The smallest absolute Gasteiger partial charge is 0.323 e. The van der Waals surface area contributed by atoms with Gasteiger partial charge in [-0.25, -0.2) is 4.79 Å². The molecule has 0 spiro atoms. The molecule has 0 radical (unpaired) electrons. The van der Waals surface area contributed by atoms with E-state index in [9.17, 15) is 19.7 Å². The van der Waals surface area contributed by atoms with E-state index >= 15 is 0 Å². The Morgan fingerprint density at radius 1 is 0.958 bits per heavy atom. The minimum Gasteiger partial charge on any atom is -0.326 e. The van der Waals surface area contributed by atoms with Crippen LogP contribution in [0.25, 0.3) is 0 Å². The second kappa shape index (κ2) is 7.23. The van der Waals surface area contributed by atoms with E-state index in [1.807, 2.05) is 0 Å². The maximum Gasteiger partial charge on any atom is 0.323 e. The Kier molecular flexibility index (Phi) is 5.10. The van der Waals surface area contributed by atoms with Gasteiger partial charge in [-0.3, -0.25) is 14.9 Å². The highest BCUT2D eigenvalue weighted by Crippen LogP contribution is 2.25. The minimum atomic E-state index is -0.603. The van der Waals surface area contributed by atoms with E-state index in [1.54, 1.807) is 37.3 Å². The Hall–Kier alpha value is -3.42. The van der Waals surface area contributed by atoms with E-state index in [-0.39, 0.29) is 17.3 Å². The summed E-state index contributed by atoms with van der Waals surface area (Å²) in [5, 5.41) is 18.7. The minimum absolute atomic E-state index is 0.109. The van der Waals surface area contributed by atoms with Crippen LogP contribution in [0.2, 0.25) is 0 Å². The molecule has 124 valence electrons. The molecule has 2 rings (SSSR count). The average molecular weight is 328 g/mol. The molecule has 8 nitrogen and oxygen atoms in total. The van der Waals surface area contributed by atoms with Gasteiger partial charge in [0, 0.05) is 24.4 Å². The van der Waals surface area contributed by atoms with Crippen LogP contribution < -0.4 is 16.0 Å². The van der Waals surface area contributed by atoms with Gasteiger partial charge in [0.25, 0.3) is 5.69 Å². The molecule has 0 aromatic heterocycles. The zero-order chi connectivity index (χ0) is 17.7. The number of carbonyl (C=O) groups is 2. The third-order valence-electron chi connectivity index (χ3n) is 3.06. The number of benzene rings is 2. The first-order valence-electron chi connectivity index (χ1n) is 7.06. The fraction of sp³-hybridized carbons (Fsp3) is 0.125. The Balaban J connectivity index is 2.06. The summed E-state index contributed by atoms with van der Waals surface area (Å²) in [6.07, 6.45) is 0. The molecule has 0 unspecified atom stereocenters. The van der Waals surface area contributed by atoms with Crippen molar-refractivity contribution in [3.8, 4) is 0 Å². The van der Waals surface area contributed by atoms with Crippen LogP contribution in [0.4, 0.5) is 27.5 Å². The van der Waals surface area contributed by atoms with Crippen molar-refractivity contribution < 1.29 is 14.5 Å². The second-order valence-electron chi connectivity index (χ2n) is 5.12. The van der Waals surface area contributed by atoms with Gasteiger partial charge in [-0.2, -0.15) is 0 Å². The molecule has 0 heterocycles. The molecule has 3 amide bonds. The Labute approximate surface area is 138 Å². The molecule has 0 bridgehead atoms. The van der Waals surface area contributed by atoms with Gasteiger partial charge >= 0.3 is 6.03 Å². The summed E-state index contributed by atoms with van der Waals surface area (Å²) in [5.41, 5.74) is 1.74. The molecule has 0 aliphatic carbocycles. The van der Waals surface area contributed by atoms with E-state index in [0.717, 1.165) is 5.56 Å². The average Bonchev–Trinajstić information content (AvgIpc) is 2.50. The SMILES string of the molecule is CC(=O)Nc1ccc(NC(=O)Nc2ccc(C)cc2[N+](=O)[O-])cc1. The summed E-state index contributed by atoms with van der Waals surface area (Å²) in [4.78, 5) is 33.4. The lowest BCUT2D eigenvalue weighted by Gasteiger charge is -2.09. The number of aryl methyl sites for hydroxylation is 1. The zero-order valence-corrected chi connectivity index (χ0v) is 13.1. The van der Waals surface area contributed by atoms with E-state index in [2.05, 4.69) is 16.0 Å². The van der Waals surface area contributed by atoms with Crippen molar-refractivity contribution in [3.63, 3.8) is 0 Å². The van der Waals surface area contributed by atoms with E-state index in [4.69, 9.17) is 0 Å². The first kappa shape index (κ1) is 16.9. The molecule has 0 saturated carbocycles. The van der Waals surface area contributed by atoms with Crippen molar-refractivity contribution in [1.82, 2.24) is 0 Å². The fourth-order valence-electron chi connectivity index (χ4n) is 2.02. The molecule has 0 fully saturated rings. The third-order valence-corrected chi connectivity index (χ3v) is 3.06. The second-order valence-corrected chi connectivity index (χ2v) is 5.12. The lowest BCUT2D eigenvalue weighted by Crippen LogP contribution is -2.20. The summed E-state index contributed by atoms with van der Waals surface area (Å²) in [5.74, 6) is -0.194. The van der Waals surface area contributed by atoms with Crippen LogP contribution in [-0.4, -0.2) is 16.9 Å². The van der Waals surface area contributed by atoms with Gasteiger partial charge in [-0.15, -0.1) is 0 Å². The topological polar surface area (TPSA) is 113 Å². The summed E-state index contributed by atoms with van der Waals surface area (Å²) in [6.45, 7) is 3.13. The lowest BCUT2D eigenvalue weighted by atomic mass is 10.2. The van der Waals surface area contributed by atoms with Crippen LogP contribution in [0.1, 0.15) is 12.5 Å². The van der Waals surface area contributed by atoms with Crippen LogP contribution in [0.15, 0.2) is 42.5 Å². The van der Waals surface area contributed by atoms with Crippen LogP contribution >= 0.6 is 0 Å². The van der Waals surface area contributed by atoms with Gasteiger partial charge in [-0.05, 0) is 42.8 Å². The largest absolute Gasteiger partial charge is 0.326 e. The number of nitro groups is 1. The monoisotopic (exact) mass is 328 g/mol. The van der Waals surface area contributed by atoms with Crippen LogP contribution in [0, 0.1) is 17.0 Å². The number of urea groups is 1. The number of carbonyl (C=O) groups excluding carboxylic acids is 2. The molecular weight excluding hydrogens is 312 g/mol. The quantitative estimate of drug-likeness (QED) is 0.588. The molecule has 3 N–H and O–H groups in total. The number of anilines is 3. The van der Waals surface area contributed by atoms with Crippen LogP contribution in [0.3, 0.4) is 0 Å². The molecule has 24 heavy (non-hydrogen) atoms. The van der Waals surface area contributed by atoms with Crippen molar-refractivity contribution in [1.29, 1.82) is 0 Å². The van der Waals surface area contributed by atoms with Crippen molar-refractivity contribution in [2.75, 3.05) is 16.0 Å². The van der Waals surface area contributed by atoms with Gasteiger partial charge in [0.05, 0.1) is 4.92 Å². The highest BCUT2D eigenvalue weighted by Gasteiger charge is 2.15. The predicted molar refractivity (Wildman–Crippen MR) is 91.2 cm³/mol. The molecule has 0 saturated heterocycles. The fourth-order valence-corrected chi connectivity index (χ4v) is 2.02. The number of hydrogen-bond acceptors (Lipinski definition) is 4. The molecule has 0 aliphatic heterocycles. The van der Waals surface area contributed by atoms with Gasteiger partial charge in [0.15, 0.2) is 0 Å². The highest BCUT2D eigenvalue weighted by molar-refractivity contribution is 6.01. The number of rotatable bonds is 4. The molecule has 0 atom stereocenters. The highest BCUT2D eigenvalue weighted by atomic mass is 16.6. The van der Waals surface area contributed by atoms with E-state index < -0.39 is 11.0 Å². The molecule has 0 aliphatic rings. The maximum atomic E-state index is 12.0. The third kappa shape index (κ3) is 4.54. The number of nitro benzene ring substituents is 1. The number of nitrogens with zero attached hydrogens (tertiary/aromatic N) is 1. The Morgan fingerprint density at radius 2 is 1.54 bits per heavy atom. The first-order chi connectivity index (χ1) is 11.3. The van der Waals surface area contributed by atoms with E-state index in [1.165, 1.54) is 19.1 Å². The standard InChI is InChI=1S/C16H16N4O4/c1-10-3-8-14(15(9-10)20(23)24)19-16(22)18-13-6-4-12(5-7-13)17-11(2)21/h3-9H,1-2H3,(H,17,21)(H2,18,19,22). The summed E-state index contributed by atoms with van der Waals surface area (Å²) in [7, 11) is 0. The van der Waals surface area contributed by atoms with Crippen molar-refractivity contribution in [2.24, 2.45) is 0 Å². The summed E-state index contributed by atoms with van der Waals surface area (Å²) >= 11 is 0. The Morgan fingerprint density at radius 3 is 2.08 bits per heavy atom. The van der Waals surface area contributed by atoms with Crippen molar-refractivity contribution >= 4 is 34.7 Å². The number of hydrogen-bond donors (Lipinski definition) is 3. The molecular formula is C16H16N4O4. The predicted octanol–water partition coefficient (Wildman–Crippen LogP) is 3.51. The number of amides is 3. The molecule has 2 aromatic rings. The maximum absolute atomic E-state index is 12.0. The van der Waals surface area contributed by atoms with Crippen LogP contribution in [0.5, 0.6) is 0 Å². The van der Waals surface area contributed by atoms with Crippen molar-refractivity contribution in [2.45, 2.75) is 13.8 Å². The first-order valence-corrected chi connectivity index (χ1v) is 7.06. The number of nitrogens with one attached hydrogen (secondary N) is 3. The normalized spacial score (nSPS) is 9.92. The van der Waals surface area contributed by atoms with Gasteiger partial charge in [-0.1, -0.05) is 6.07 Å². The van der Waals surface area contributed by atoms with Gasteiger partial charge < -0.3 is 16.0 Å². The molecule has 2 aromatic carbocycles. The van der Waals surface area contributed by atoms with Crippen molar-refractivity contribution in [3.05, 3.63) is 58.1 Å².